The maximum Gasteiger partial charge on any atom is 0.223 e. The summed E-state index contributed by atoms with van der Waals surface area (Å²) in [5.41, 5.74) is 1.03. The first kappa shape index (κ1) is 15.7. The molecule has 3 rings (SSSR count). The van der Waals surface area contributed by atoms with Crippen LogP contribution in [-0.4, -0.2) is 31.4 Å². The second kappa shape index (κ2) is 6.54. The molecule has 0 radical (unpaired) electrons. The molecule has 3 unspecified atom stereocenters. The highest BCUT2D eigenvalue weighted by molar-refractivity contribution is 5.82. The average Bonchev–Trinajstić information content (AvgIpc) is 3.15. The van der Waals surface area contributed by atoms with Crippen LogP contribution in [0.15, 0.2) is 47.1 Å². The lowest BCUT2D eigenvalue weighted by atomic mass is 10.1. The Kier molecular flexibility index (Phi) is 4.48. The zero-order valence-electron chi connectivity index (χ0n) is 13.3. The van der Waals surface area contributed by atoms with E-state index in [4.69, 9.17) is 4.42 Å². The van der Waals surface area contributed by atoms with E-state index in [1.165, 1.54) is 12.1 Å². The number of carbonyl (C=O) groups excluding carboxylic acids is 1. The van der Waals surface area contributed by atoms with Gasteiger partial charge in [-0.05, 0) is 56.3 Å². The van der Waals surface area contributed by atoms with E-state index in [9.17, 15) is 9.18 Å². The van der Waals surface area contributed by atoms with Crippen LogP contribution in [0.3, 0.4) is 0 Å². The standard InChI is InChI=1S/C18H21FN2O2/c1-21(2)16(17-4-3-9-23-17)11-20-18(22)15-10-14(15)12-5-7-13(19)8-6-12/h3-9,14-16H,10-11H2,1-2H3,(H,20,22). The minimum Gasteiger partial charge on any atom is -0.468 e. The van der Waals surface area contributed by atoms with Gasteiger partial charge in [-0.3, -0.25) is 9.69 Å². The summed E-state index contributed by atoms with van der Waals surface area (Å²) in [5, 5.41) is 3.01. The van der Waals surface area contributed by atoms with Gasteiger partial charge < -0.3 is 9.73 Å². The van der Waals surface area contributed by atoms with Crippen molar-refractivity contribution in [3.8, 4) is 0 Å². The van der Waals surface area contributed by atoms with Gasteiger partial charge in [-0.15, -0.1) is 0 Å². The predicted molar refractivity (Wildman–Crippen MR) is 85.4 cm³/mol. The molecule has 1 saturated carbocycles. The lowest BCUT2D eigenvalue weighted by Crippen LogP contribution is -2.35. The van der Waals surface area contributed by atoms with Gasteiger partial charge in [-0.25, -0.2) is 4.39 Å². The van der Waals surface area contributed by atoms with Crippen LogP contribution in [0.25, 0.3) is 0 Å². The van der Waals surface area contributed by atoms with E-state index in [2.05, 4.69) is 5.32 Å². The van der Waals surface area contributed by atoms with E-state index in [0.717, 1.165) is 17.7 Å². The highest BCUT2D eigenvalue weighted by atomic mass is 19.1. The fourth-order valence-electron chi connectivity index (χ4n) is 2.91. The minimum atomic E-state index is -0.248. The van der Waals surface area contributed by atoms with E-state index in [0.29, 0.717) is 6.54 Å². The van der Waals surface area contributed by atoms with Gasteiger partial charge in [-0.2, -0.15) is 0 Å². The number of hydrogen-bond donors (Lipinski definition) is 1. The molecular formula is C18H21FN2O2. The summed E-state index contributed by atoms with van der Waals surface area (Å²) in [7, 11) is 3.91. The molecule has 1 amide bonds. The van der Waals surface area contributed by atoms with E-state index >= 15 is 0 Å². The minimum absolute atomic E-state index is 0.0111. The highest BCUT2D eigenvalue weighted by Gasteiger charge is 2.43. The largest absolute Gasteiger partial charge is 0.468 e. The molecule has 0 bridgehead atoms. The first-order valence-corrected chi connectivity index (χ1v) is 7.79. The van der Waals surface area contributed by atoms with Crippen molar-refractivity contribution < 1.29 is 13.6 Å². The number of nitrogens with one attached hydrogen (secondary N) is 1. The Morgan fingerprint density at radius 2 is 2.09 bits per heavy atom. The van der Waals surface area contributed by atoms with E-state index in [-0.39, 0.29) is 29.6 Å². The number of likely N-dealkylation sites (N-methyl/N-ethyl adjacent to an activating group) is 1. The smallest absolute Gasteiger partial charge is 0.223 e. The molecule has 3 atom stereocenters. The van der Waals surface area contributed by atoms with Gasteiger partial charge in [-0.1, -0.05) is 12.1 Å². The third-order valence-corrected chi connectivity index (χ3v) is 4.39. The summed E-state index contributed by atoms with van der Waals surface area (Å²) in [4.78, 5) is 14.3. The van der Waals surface area contributed by atoms with Crippen LogP contribution in [0.5, 0.6) is 0 Å². The van der Waals surface area contributed by atoms with E-state index < -0.39 is 0 Å². The van der Waals surface area contributed by atoms with E-state index in [1.54, 1.807) is 18.4 Å². The number of hydrogen-bond acceptors (Lipinski definition) is 3. The molecule has 1 heterocycles. The van der Waals surface area contributed by atoms with Gasteiger partial charge in [0.1, 0.15) is 11.6 Å². The highest BCUT2D eigenvalue weighted by Crippen LogP contribution is 2.47. The van der Waals surface area contributed by atoms with Crippen LogP contribution in [0.2, 0.25) is 0 Å². The first-order chi connectivity index (χ1) is 11.1. The molecular weight excluding hydrogens is 295 g/mol. The summed E-state index contributed by atoms with van der Waals surface area (Å²) in [6.07, 6.45) is 2.46. The number of carbonyl (C=O) groups is 1. The molecule has 0 saturated heterocycles. The number of amides is 1. The Morgan fingerprint density at radius 3 is 2.70 bits per heavy atom. The van der Waals surface area contributed by atoms with Crippen molar-refractivity contribution >= 4 is 5.91 Å². The summed E-state index contributed by atoms with van der Waals surface area (Å²) in [5.74, 6) is 0.832. The average molecular weight is 316 g/mol. The molecule has 1 aromatic heterocycles. The summed E-state index contributed by atoms with van der Waals surface area (Å²) < 4.78 is 18.4. The molecule has 23 heavy (non-hydrogen) atoms. The molecule has 4 nitrogen and oxygen atoms in total. The Labute approximate surface area is 135 Å². The number of rotatable bonds is 6. The molecule has 1 aliphatic rings. The molecule has 1 aromatic carbocycles. The fraction of sp³-hybridized carbons (Fsp3) is 0.389. The number of nitrogens with zero attached hydrogens (tertiary/aromatic N) is 1. The number of halogens is 1. The molecule has 5 heteroatoms. The van der Waals surface area contributed by atoms with Gasteiger partial charge in [0.05, 0.1) is 12.3 Å². The summed E-state index contributed by atoms with van der Waals surface area (Å²) >= 11 is 0. The molecule has 1 fully saturated rings. The molecule has 122 valence electrons. The fourth-order valence-corrected chi connectivity index (χ4v) is 2.91. The zero-order valence-corrected chi connectivity index (χ0v) is 13.3. The van der Waals surface area contributed by atoms with Crippen molar-refractivity contribution in [2.24, 2.45) is 5.92 Å². The van der Waals surface area contributed by atoms with Crippen molar-refractivity contribution in [2.75, 3.05) is 20.6 Å². The number of benzene rings is 1. The van der Waals surface area contributed by atoms with Crippen LogP contribution in [0.1, 0.15) is 29.7 Å². The normalized spacial score (nSPS) is 21.2. The van der Waals surface area contributed by atoms with Crippen LogP contribution in [0.4, 0.5) is 4.39 Å². The van der Waals surface area contributed by atoms with Gasteiger partial charge in [0, 0.05) is 12.5 Å². The van der Waals surface area contributed by atoms with Gasteiger partial charge in [0.25, 0.3) is 0 Å². The molecule has 0 aliphatic heterocycles. The lowest BCUT2D eigenvalue weighted by Gasteiger charge is -2.22. The second-order valence-corrected chi connectivity index (χ2v) is 6.24. The monoisotopic (exact) mass is 316 g/mol. The summed E-state index contributed by atoms with van der Waals surface area (Å²) in [6, 6.07) is 10.2. The van der Waals surface area contributed by atoms with Crippen molar-refractivity contribution in [2.45, 2.75) is 18.4 Å². The van der Waals surface area contributed by atoms with Crippen molar-refractivity contribution in [3.05, 3.63) is 59.8 Å². The third-order valence-electron chi connectivity index (χ3n) is 4.39. The Bertz CT molecular complexity index is 652. The Balaban J connectivity index is 1.55. The Hall–Kier alpha value is -2.14. The van der Waals surface area contributed by atoms with Crippen LogP contribution in [-0.2, 0) is 4.79 Å². The topological polar surface area (TPSA) is 45.5 Å². The SMILES string of the molecule is CN(C)C(CNC(=O)C1CC1c1ccc(F)cc1)c1ccco1. The molecule has 1 N–H and O–H groups in total. The second-order valence-electron chi connectivity index (χ2n) is 6.24. The molecule has 2 aromatic rings. The molecule has 0 spiro atoms. The maximum absolute atomic E-state index is 13.0. The Morgan fingerprint density at radius 1 is 1.35 bits per heavy atom. The summed E-state index contributed by atoms with van der Waals surface area (Å²) in [6.45, 7) is 0.506. The van der Waals surface area contributed by atoms with Crippen molar-refractivity contribution in [3.63, 3.8) is 0 Å². The van der Waals surface area contributed by atoms with E-state index in [1.807, 2.05) is 31.1 Å². The zero-order chi connectivity index (χ0) is 16.4. The maximum atomic E-state index is 13.0. The molecule has 1 aliphatic carbocycles. The first-order valence-electron chi connectivity index (χ1n) is 7.79. The number of furan rings is 1. The van der Waals surface area contributed by atoms with Crippen molar-refractivity contribution in [1.82, 2.24) is 10.2 Å². The quantitative estimate of drug-likeness (QED) is 0.891. The van der Waals surface area contributed by atoms with Gasteiger partial charge >= 0.3 is 0 Å². The van der Waals surface area contributed by atoms with Gasteiger partial charge in [0.15, 0.2) is 0 Å². The van der Waals surface area contributed by atoms with Crippen LogP contribution < -0.4 is 5.32 Å². The third kappa shape index (κ3) is 3.62. The van der Waals surface area contributed by atoms with Gasteiger partial charge in [0.2, 0.25) is 5.91 Å². The van der Waals surface area contributed by atoms with Crippen LogP contribution in [0, 0.1) is 11.7 Å². The van der Waals surface area contributed by atoms with Crippen LogP contribution >= 0.6 is 0 Å². The predicted octanol–water partition coefficient (Wildman–Crippen LogP) is 2.94. The lowest BCUT2D eigenvalue weighted by molar-refractivity contribution is -0.122. The van der Waals surface area contributed by atoms with Crippen molar-refractivity contribution in [1.29, 1.82) is 0 Å².